The van der Waals surface area contributed by atoms with Crippen LogP contribution in [-0.2, 0) is 18.5 Å². The second-order valence-corrected chi connectivity index (χ2v) is 7.60. The molecule has 0 atom stereocenters. The van der Waals surface area contributed by atoms with Gasteiger partial charge >= 0.3 is 5.76 Å². The maximum absolute atomic E-state index is 12.2. The fraction of sp³-hybridized carbons (Fsp3) is 0.286. The molecule has 0 radical (unpaired) electrons. The lowest BCUT2D eigenvalue weighted by Gasteiger charge is -2.19. The molecule has 146 valence electrons. The first-order chi connectivity index (χ1) is 13.3. The Labute approximate surface area is 163 Å². The molecule has 28 heavy (non-hydrogen) atoms. The average molecular weight is 380 g/mol. The number of aromatic nitrogens is 2. The predicted molar refractivity (Wildman–Crippen MR) is 107 cm³/mol. The zero-order chi connectivity index (χ0) is 20.1. The molecule has 0 spiro atoms. The van der Waals surface area contributed by atoms with Gasteiger partial charge in [0.25, 0.3) is 5.91 Å². The Bertz CT molecular complexity index is 980. The molecule has 0 bridgehead atoms. The van der Waals surface area contributed by atoms with Gasteiger partial charge in [-0.2, -0.15) is 0 Å². The predicted octanol–water partition coefficient (Wildman–Crippen LogP) is 3.20. The Morgan fingerprint density at radius 2 is 1.71 bits per heavy atom. The van der Waals surface area contributed by atoms with Crippen LogP contribution in [0.3, 0.4) is 0 Å². The monoisotopic (exact) mass is 380 g/mol. The van der Waals surface area contributed by atoms with Crippen LogP contribution in [0.4, 0.5) is 5.69 Å². The summed E-state index contributed by atoms with van der Waals surface area (Å²) in [5, 5.41) is 9.56. The molecule has 0 aliphatic rings. The van der Waals surface area contributed by atoms with Crippen molar-refractivity contribution in [1.82, 2.24) is 15.5 Å². The first-order valence-corrected chi connectivity index (χ1v) is 9.08. The van der Waals surface area contributed by atoms with Gasteiger partial charge in [0.15, 0.2) is 5.82 Å². The molecule has 0 saturated carbocycles. The van der Waals surface area contributed by atoms with Crippen molar-refractivity contribution in [3.05, 3.63) is 81.6 Å². The van der Waals surface area contributed by atoms with E-state index in [2.05, 4.69) is 70.3 Å². The number of aromatic amines is 1. The molecule has 1 heterocycles. The van der Waals surface area contributed by atoms with Gasteiger partial charge in [-0.25, -0.2) is 4.79 Å². The van der Waals surface area contributed by atoms with Gasteiger partial charge in [0.05, 0.1) is 6.54 Å². The van der Waals surface area contributed by atoms with Crippen molar-refractivity contribution >= 4 is 11.6 Å². The lowest BCUT2D eigenvalue weighted by Crippen LogP contribution is -2.23. The maximum atomic E-state index is 12.2. The smallest absolute Gasteiger partial charge is 0.381 e. The fourth-order valence-electron chi connectivity index (χ4n) is 2.67. The number of hydrogen-bond donors (Lipinski definition) is 3. The summed E-state index contributed by atoms with van der Waals surface area (Å²) in [7, 11) is 0. The van der Waals surface area contributed by atoms with Crippen LogP contribution in [-0.4, -0.2) is 16.0 Å². The number of anilines is 1. The largest absolute Gasteiger partial charge is 0.438 e. The fourth-order valence-corrected chi connectivity index (χ4v) is 2.67. The lowest BCUT2D eigenvalue weighted by molar-refractivity contribution is 0.0949. The number of nitrogens with zero attached hydrogens (tertiary/aromatic N) is 1. The molecule has 3 aromatic rings. The van der Waals surface area contributed by atoms with Gasteiger partial charge in [-0.05, 0) is 40.8 Å². The van der Waals surface area contributed by atoms with E-state index in [1.54, 1.807) is 12.1 Å². The van der Waals surface area contributed by atoms with Crippen LogP contribution in [0, 0.1) is 0 Å². The standard InChI is InChI=1S/C21H24N4O3/c1-21(2,3)16-8-10-17(11-9-16)22-12-14-4-6-15(7-5-14)19(26)23-13-18-24-20(27)28-25-18/h4-11,22H,12-13H2,1-3H3,(H,23,26)(H,24,25,27). The molecular weight excluding hydrogens is 356 g/mol. The van der Waals surface area contributed by atoms with Crippen LogP contribution in [0.15, 0.2) is 57.8 Å². The molecule has 1 amide bonds. The van der Waals surface area contributed by atoms with Gasteiger partial charge in [-0.1, -0.05) is 50.2 Å². The summed E-state index contributed by atoms with van der Waals surface area (Å²) in [6.07, 6.45) is 0. The summed E-state index contributed by atoms with van der Waals surface area (Å²) in [6.45, 7) is 7.34. The van der Waals surface area contributed by atoms with Gasteiger partial charge in [0.1, 0.15) is 0 Å². The number of rotatable bonds is 6. The lowest BCUT2D eigenvalue weighted by atomic mass is 9.87. The van der Waals surface area contributed by atoms with Crippen LogP contribution < -0.4 is 16.4 Å². The summed E-state index contributed by atoms with van der Waals surface area (Å²) in [5.41, 5.74) is 4.08. The zero-order valence-electron chi connectivity index (χ0n) is 16.2. The van der Waals surface area contributed by atoms with Crippen molar-refractivity contribution in [3.63, 3.8) is 0 Å². The molecule has 7 nitrogen and oxygen atoms in total. The first-order valence-electron chi connectivity index (χ1n) is 9.08. The second-order valence-electron chi connectivity index (χ2n) is 7.60. The third kappa shape index (κ3) is 5.09. The highest BCUT2D eigenvalue weighted by Crippen LogP contribution is 2.23. The quantitative estimate of drug-likeness (QED) is 0.610. The van der Waals surface area contributed by atoms with E-state index in [9.17, 15) is 9.59 Å². The van der Waals surface area contributed by atoms with Crippen molar-refractivity contribution < 1.29 is 9.32 Å². The first kappa shape index (κ1) is 19.4. The SMILES string of the molecule is CC(C)(C)c1ccc(NCc2ccc(C(=O)NCc3noc(=O)[nH]3)cc2)cc1. The van der Waals surface area contributed by atoms with Crippen molar-refractivity contribution in [2.24, 2.45) is 0 Å². The summed E-state index contributed by atoms with van der Waals surface area (Å²) in [5.74, 6) is -0.619. The zero-order valence-corrected chi connectivity index (χ0v) is 16.2. The molecule has 0 aliphatic carbocycles. The number of H-pyrrole nitrogens is 1. The molecule has 0 aliphatic heterocycles. The molecule has 7 heteroatoms. The highest BCUT2D eigenvalue weighted by molar-refractivity contribution is 5.94. The van der Waals surface area contributed by atoms with E-state index < -0.39 is 5.76 Å². The van der Waals surface area contributed by atoms with Gasteiger partial charge in [-0.3, -0.25) is 14.3 Å². The topological polar surface area (TPSA) is 100 Å². The maximum Gasteiger partial charge on any atom is 0.438 e. The minimum absolute atomic E-state index is 0.0957. The van der Waals surface area contributed by atoms with E-state index in [-0.39, 0.29) is 23.7 Å². The molecule has 0 saturated heterocycles. The average Bonchev–Trinajstić information content (AvgIpc) is 3.10. The van der Waals surface area contributed by atoms with E-state index in [1.165, 1.54) is 5.56 Å². The summed E-state index contributed by atoms with van der Waals surface area (Å²) >= 11 is 0. The van der Waals surface area contributed by atoms with Crippen molar-refractivity contribution in [2.45, 2.75) is 39.3 Å². The molecule has 3 rings (SSSR count). The minimum atomic E-state index is -0.644. The number of benzene rings is 2. The number of amides is 1. The molecule has 0 fully saturated rings. The highest BCUT2D eigenvalue weighted by Gasteiger charge is 2.12. The Morgan fingerprint density at radius 3 is 2.29 bits per heavy atom. The van der Waals surface area contributed by atoms with Crippen molar-refractivity contribution in [3.8, 4) is 0 Å². The Hall–Kier alpha value is -3.35. The van der Waals surface area contributed by atoms with Gasteiger partial charge in [0.2, 0.25) is 0 Å². The molecular formula is C21H24N4O3. The van der Waals surface area contributed by atoms with Gasteiger partial charge in [-0.15, -0.1) is 0 Å². The molecule has 0 unspecified atom stereocenters. The van der Waals surface area contributed by atoms with Crippen molar-refractivity contribution in [1.29, 1.82) is 0 Å². The van der Waals surface area contributed by atoms with E-state index in [4.69, 9.17) is 0 Å². The van der Waals surface area contributed by atoms with E-state index in [0.29, 0.717) is 12.1 Å². The number of carbonyl (C=O) groups is 1. The highest BCUT2D eigenvalue weighted by atomic mass is 16.5. The summed E-state index contributed by atoms with van der Waals surface area (Å²) in [4.78, 5) is 25.4. The number of hydrogen-bond acceptors (Lipinski definition) is 5. The van der Waals surface area contributed by atoms with Crippen LogP contribution >= 0.6 is 0 Å². The van der Waals surface area contributed by atoms with Gasteiger partial charge < -0.3 is 10.6 Å². The van der Waals surface area contributed by atoms with Crippen LogP contribution in [0.25, 0.3) is 0 Å². The normalized spacial score (nSPS) is 11.2. The van der Waals surface area contributed by atoms with Crippen molar-refractivity contribution in [2.75, 3.05) is 5.32 Å². The number of carbonyl (C=O) groups excluding carboxylic acids is 1. The van der Waals surface area contributed by atoms with Crippen LogP contribution in [0.5, 0.6) is 0 Å². The minimum Gasteiger partial charge on any atom is -0.381 e. The number of nitrogens with one attached hydrogen (secondary N) is 3. The third-order valence-corrected chi connectivity index (χ3v) is 4.37. The molecule has 3 N–H and O–H groups in total. The van der Waals surface area contributed by atoms with E-state index in [0.717, 1.165) is 11.3 Å². The Balaban J connectivity index is 1.52. The summed E-state index contributed by atoms with van der Waals surface area (Å²) in [6, 6.07) is 15.8. The Kier molecular flexibility index (Phi) is 5.63. The Morgan fingerprint density at radius 1 is 1.04 bits per heavy atom. The molecule has 1 aromatic heterocycles. The van der Waals surface area contributed by atoms with Crippen LogP contribution in [0.1, 0.15) is 48.1 Å². The third-order valence-electron chi connectivity index (χ3n) is 4.37. The summed E-state index contributed by atoms with van der Waals surface area (Å²) < 4.78 is 4.39. The second kappa shape index (κ2) is 8.12. The van der Waals surface area contributed by atoms with E-state index >= 15 is 0 Å². The van der Waals surface area contributed by atoms with Gasteiger partial charge in [0, 0.05) is 17.8 Å². The molecule has 2 aromatic carbocycles. The van der Waals surface area contributed by atoms with E-state index in [1.807, 2.05) is 12.1 Å². The van der Waals surface area contributed by atoms with Crippen LogP contribution in [0.2, 0.25) is 0 Å².